The molecule has 1 aliphatic rings. The van der Waals surface area contributed by atoms with E-state index in [0.29, 0.717) is 50.9 Å². The molecule has 0 radical (unpaired) electrons. The van der Waals surface area contributed by atoms with Crippen molar-refractivity contribution < 1.29 is 19.1 Å². The predicted octanol–water partition coefficient (Wildman–Crippen LogP) is 4.99. The maximum Gasteiger partial charge on any atom is 0.266 e. The highest BCUT2D eigenvalue weighted by molar-refractivity contribution is 7.18. The lowest BCUT2D eigenvalue weighted by Crippen LogP contribution is -2.16. The Kier molecular flexibility index (Phi) is 5.42. The van der Waals surface area contributed by atoms with Crippen molar-refractivity contribution in [2.45, 2.75) is 6.92 Å². The van der Waals surface area contributed by atoms with E-state index < -0.39 is 0 Å². The van der Waals surface area contributed by atoms with Crippen molar-refractivity contribution in [3.63, 3.8) is 0 Å². The second-order valence-electron chi connectivity index (χ2n) is 6.37. The van der Waals surface area contributed by atoms with E-state index in [1.165, 1.54) is 11.3 Å². The summed E-state index contributed by atoms with van der Waals surface area (Å²) >= 11 is 7.27. The number of halogens is 1. The average molecular weight is 429 g/mol. The van der Waals surface area contributed by atoms with Crippen molar-refractivity contribution in [3.8, 4) is 11.5 Å². The van der Waals surface area contributed by atoms with Gasteiger partial charge >= 0.3 is 0 Å². The molecule has 2 aromatic carbocycles. The van der Waals surface area contributed by atoms with Gasteiger partial charge in [0.05, 0.1) is 20.5 Å². The monoisotopic (exact) mass is 428 g/mol. The number of anilines is 2. The van der Waals surface area contributed by atoms with Crippen molar-refractivity contribution in [1.29, 1.82) is 0 Å². The molecule has 148 valence electrons. The summed E-state index contributed by atoms with van der Waals surface area (Å²) < 4.78 is 11.0. The molecule has 8 heteroatoms. The van der Waals surface area contributed by atoms with Crippen molar-refractivity contribution >= 4 is 45.4 Å². The molecule has 0 aliphatic carbocycles. The number of fused-ring (bicyclic) bond motifs is 1. The van der Waals surface area contributed by atoms with Gasteiger partial charge in [-0.25, -0.2) is 0 Å². The Labute approximate surface area is 176 Å². The van der Waals surface area contributed by atoms with Gasteiger partial charge in [0.25, 0.3) is 11.8 Å². The summed E-state index contributed by atoms with van der Waals surface area (Å²) in [4.78, 5) is 25.7. The minimum absolute atomic E-state index is 0.262. The van der Waals surface area contributed by atoms with Crippen molar-refractivity contribution in [1.82, 2.24) is 0 Å². The van der Waals surface area contributed by atoms with Crippen LogP contribution in [0, 0.1) is 6.92 Å². The summed E-state index contributed by atoms with van der Waals surface area (Å²) in [6.45, 7) is 2.80. The SMILES string of the molecule is Cc1cc(NC(=O)c2ccccc2Cl)sc1C(=O)Nc1ccc2c(c1)OCCO2. The van der Waals surface area contributed by atoms with Crippen LogP contribution in [0.25, 0.3) is 0 Å². The molecule has 0 unspecified atom stereocenters. The summed E-state index contributed by atoms with van der Waals surface area (Å²) in [6.07, 6.45) is 0. The van der Waals surface area contributed by atoms with E-state index in [1.54, 1.807) is 48.5 Å². The molecule has 0 bridgehead atoms. The van der Waals surface area contributed by atoms with Crippen LogP contribution in [0.3, 0.4) is 0 Å². The van der Waals surface area contributed by atoms with Crippen LogP contribution in [-0.4, -0.2) is 25.0 Å². The summed E-state index contributed by atoms with van der Waals surface area (Å²) in [5, 5.41) is 6.60. The topological polar surface area (TPSA) is 76.7 Å². The highest BCUT2D eigenvalue weighted by Gasteiger charge is 2.18. The Bertz CT molecular complexity index is 1100. The number of amides is 2. The number of nitrogens with one attached hydrogen (secondary N) is 2. The van der Waals surface area contributed by atoms with Crippen molar-refractivity contribution in [2.24, 2.45) is 0 Å². The smallest absolute Gasteiger partial charge is 0.266 e. The number of thiophene rings is 1. The van der Waals surface area contributed by atoms with Gasteiger partial charge in [0, 0.05) is 11.8 Å². The third-order valence-corrected chi connectivity index (χ3v) is 5.76. The van der Waals surface area contributed by atoms with Crippen molar-refractivity contribution in [2.75, 3.05) is 23.8 Å². The number of carbonyl (C=O) groups excluding carboxylic acids is 2. The fraction of sp³-hybridized carbons (Fsp3) is 0.143. The molecule has 0 saturated heterocycles. The molecule has 29 heavy (non-hydrogen) atoms. The van der Waals surface area contributed by atoms with Gasteiger partial charge in [-0.05, 0) is 42.8 Å². The molecule has 1 aromatic heterocycles. The van der Waals surface area contributed by atoms with Gasteiger partial charge in [-0.1, -0.05) is 23.7 Å². The fourth-order valence-electron chi connectivity index (χ4n) is 2.90. The first-order chi connectivity index (χ1) is 14.0. The Morgan fingerprint density at radius 3 is 2.52 bits per heavy atom. The van der Waals surface area contributed by atoms with Crippen LogP contribution in [0.5, 0.6) is 11.5 Å². The quantitative estimate of drug-likeness (QED) is 0.614. The Morgan fingerprint density at radius 2 is 1.72 bits per heavy atom. The van der Waals surface area contributed by atoms with E-state index in [4.69, 9.17) is 21.1 Å². The predicted molar refractivity (Wildman–Crippen MR) is 114 cm³/mol. The van der Waals surface area contributed by atoms with E-state index in [-0.39, 0.29) is 11.8 Å². The standard InChI is InChI=1S/C21H17ClN2O4S/c1-12-10-18(24-20(25)14-4-2-3-5-15(14)22)29-19(12)21(26)23-13-6-7-16-17(11-13)28-9-8-27-16/h2-7,10-11H,8-9H2,1H3,(H,23,26)(H,24,25). The van der Waals surface area contributed by atoms with E-state index in [2.05, 4.69) is 10.6 Å². The summed E-state index contributed by atoms with van der Waals surface area (Å²) in [6, 6.07) is 13.8. The minimum atomic E-state index is -0.323. The van der Waals surface area contributed by atoms with Gasteiger partial charge in [-0.3, -0.25) is 9.59 Å². The molecular formula is C21H17ClN2O4S. The third-order valence-electron chi connectivity index (χ3n) is 4.28. The Balaban J connectivity index is 1.48. The zero-order valence-corrected chi connectivity index (χ0v) is 17.0. The second-order valence-corrected chi connectivity index (χ2v) is 7.83. The van der Waals surface area contributed by atoms with Crippen LogP contribution in [0.1, 0.15) is 25.6 Å². The maximum absolute atomic E-state index is 12.7. The van der Waals surface area contributed by atoms with Crippen LogP contribution in [0.2, 0.25) is 5.02 Å². The zero-order chi connectivity index (χ0) is 20.4. The summed E-state index contributed by atoms with van der Waals surface area (Å²) in [5.74, 6) is 0.675. The molecule has 3 aromatic rings. The van der Waals surface area contributed by atoms with Crippen LogP contribution in [0.15, 0.2) is 48.5 Å². The van der Waals surface area contributed by atoms with Gasteiger partial charge < -0.3 is 20.1 Å². The highest BCUT2D eigenvalue weighted by Crippen LogP contribution is 2.33. The van der Waals surface area contributed by atoms with Crippen LogP contribution in [0.4, 0.5) is 10.7 Å². The molecule has 2 amide bonds. The first kappa shape index (κ1) is 19.3. The normalized spacial score (nSPS) is 12.3. The van der Waals surface area contributed by atoms with Crippen LogP contribution in [-0.2, 0) is 0 Å². The van der Waals surface area contributed by atoms with Crippen LogP contribution < -0.4 is 20.1 Å². The molecule has 0 atom stereocenters. The van der Waals surface area contributed by atoms with Gasteiger partial charge in [-0.15, -0.1) is 11.3 Å². The fourth-order valence-corrected chi connectivity index (χ4v) is 4.09. The lowest BCUT2D eigenvalue weighted by molar-refractivity contribution is 0.102. The van der Waals surface area contributed by atoms with Gasteiger partial charge in [0.15, 0.2) is 11.5 Å². The van der Waals surface area contributed by atoms with Gasteiger partial charge in [-0.2, -0.15) is 0 Å². The number of hydrogen-bond donors (Lipinski definition) is 2. The molecule has 0 saturated carbocycles. The number of carbonyl (C=O) groups is 2. The number of hydrogen-bond acceptors (Lipinski definition) is 5. The Morgan fingerprint density at radius 1 is 0.966 bits per heavy atom. The molecular weight excluding hydrogens is 412 g/mol. The number of rotatable bonds is 4. The first-order valence-corrected chi connectivity index (χ1v) is 10.1. The molecule has 0 spiro atoms. The molecule has 6 nitrogen and oxygen atoms in total. The minimum Gasteiger partial charge on any atom is -0.486 e. The van der Waals surface area contributed by atoms with E-state index >= 15 is 0 Å². The van der Waals surface area contributed by atoms with Crippen molar-refractivity contribution in [3.05, 3.63) is 69.6 Å². The van der Waals surface area contributed by atoms with Gasteiger partial charge in [0.2, 0.25) is 0 Å². The molecule has 2 N–H and O–H groups in total. The van der Waals surface area contributed by atoms with Crippen LogP contribution >= 0.6 is 22.9 Å². The lowest BCUT2D eigenvalue weighted by atomic mass is 10.2. The average Bonchev–Trinajstić information content (AvgIpc) is 3.08. The first-order valence-electron chi connectivity index (χ1n) is 8.88. The zero-order valence-electron chi connectivity index (χ0n) is 15.5. The van der Waals surface area contributed by atoms with E-state index in [9.17, 15) is 9.59 Å². The lowest BCUT2D eigenvalue weighted by Gasteiger charge is -2.18. The molecule has 2 heterocycles. The second kappa shape index (κ2) is 8.14. The van der Waals surface area contributed by atoms with E-state index in [1.807, 2.05) is 6.92 Å². The summed E-state index contributed by atoms with van der Waals surface area (Å²) in [5.41, 5.74) is 1.75. The number of aryl methyl sites for hydroxylation is 1. The van der Waals surface area contributed by atoms with Gasteiger partial charge in [0.1, 0.15) is 13.2 Å². The molecule has 1 aliphatic heterocycles. The number of ether oxygens (including phenoxy) is 2. The number of benzene rings is 2. The highest BCUT2D eigenvalue weighted by atomic mass is 35.5. The summed E-state index contributed by atoms with van der Waals surface area (Å²) in [7, 11) is 0. The molecule has 4 rings (SSSR count). The molecule has 0 fully saturated rings. The van der Waals surface area contributed by atoms with E-state index in [0.717, 1.165) is 5.56 Å². The largest absolute Gasteiger partial charge is 0.486 e. The maximum atomic E-state index is 12.7. The third kappa shape index (κ3) is 4.21. The Hall–Kier alpha value is -3.03.